The summed E-state index contributed by atoms with van der Waals surface area (Å²) in [6.07, 6.45) is 0. The first kappa shape index (κ1) is 36.7. The van der Waals surface area contributed by atoms with E-state index in [9.17, 15) is 0 Å². The normalized spacial score (nSPS) is 12.3. The molecule has 0 saturated heterocycles. The Labute approximate surface area is 369 Å². The van der Waals surface area contributed by atoms with Crippen molar-refractivity contribution in [2.45, 2.75) is 0 Å². The van der Waals surface area contributed by atoms with E-state index in [-0.39, 0.29) is 6.71 Å². The van der Waals surface area contributed by atoms with Crippen LogP contribution in [0.3, 0.4) is 0 Å². The van der Waals surface area contributed by atoms with Crippen LogP contribution in [0.5, 0.6) is 0 Å². The van der Waals surface area contributed by atoms with Crippen molar-refractivity contribution in [2.24, 2.45) is 0 Å². The van der Waals surface area contributed by atoms with E-state index < -0.39 is 0 Å². The predicted molar refractivity (Wildman–Crippen MR) is 268 cm³/mol. The lowest BCUT2D eigenvalue weighted by Gasteiger charge is -2.45. The fourth-order valence-corrected chi connectivity index (χ4v) is 10.0. The zero-order chi connectivity index (χ0) is 41.7. The molecule has 10 aromatic carbocycles. The van der Waals surface area contributed by atoms with Crippen LogP contribution in [0, 0.1) is 0 Å². The van der Waals surface area contributed by atoms with Crippen LogP contribution in [0.15, 0.2) is 249 Å². The van der Waals surface area contributed by atoms with Gasteiger partial charge < -0.3 is 9.80 Å². The molecule has 10 aromatic rings. The summed E-state index contributed by atoms with van der Waals surface area (Å²) in [5.74, 6) is 0. The summed E-state index contributed by atoms with van der Waals surface area (Å²) in [5.41, 5.74) is 22.9. The van der Waals surface area contributed by atoms with Crippen LogP contribution in [0.1, 0.15) is 0 Å². The van der Waals surface area contributed by atoms with Gasteiger partial charge in [-0.3, -0.25) is 0 Å². The quantitative estimate of drug-likeness (QED) is 0.148. The molecule has 2 aliphatic rings. The molecule has 2 nitrogen and oxygen atoms in total. The van der Waals surface area contributed by atoms with Crippen molar-refractivity contribution >= 4 is 57.2 Å². The third-order valence-electron chi connectivity index (χ3n) is 12.9. The summed E-state index contributed by atoms with van der Waals surface area (Å²) in [5, 5.41) is 0. The van der Waals surface area contributed by atoms with Gasteiger partial charge in [-0.2, -0.15) is 0 Å². The van der Waals surface area contributed by atoms with Gasteiger partial charge in [0.1, 0.15) is 0 Å². The second-order valence-corrected chi connectivity index (χ2v) is 16.4. The smallest absolute Gasteiger partial charge is 0.252 e. The molecule has 0 saturated carbocycles. The molecule has 2 heterocycles. The van der Waals surface area contributed by atoms with Crippen LogP contribution in [-0.2, 0) is 0 Å². The molecular formula is C60H41BN2. The molecule has 63 heavy (non-hydrogen) atoms. The maximum Gasteiger partial charge on any atom is 0.252 e. The molecule has 294 valence electrons. The van der Waals surface area contributed by atoms with Crippen molar-refractivity contribution in [3.8, 4) is 55.6 Å². The maximum absolute atomic E-state index is 2.53. The standard InChI is InChI=1S/C60H41BN2/c1-6-18-42(19-7-1)44-32-35-49(36-33-44)63-58-31-17-30-57-59(58)61(54-29-16-28-52(60(54)63)46-24-12-4-13-25-46)55-40-48(43-20-8-2-9-21-43)34-39-56(55)62(57)50-37-38-51(45-22-10-3-11-23-45)53(41-50)47-26-14-5-15-27-47/h1-41H. The van der Waals surface area contributed by atoms with E-state index in [0.29, 0.717) is 0 Å². The molecular weight excluding hydrogens is 759 g/mol. The lowest BCUT2D eigenvalue weighted by atomic mass is 9.33. The van der Waals surface area contributed by atoms with E-state index in [1.807, 2.05) is 0 Å². The van der Waals surface area contributed by atoms with Gasteiger partial charge in [0.05, 0.1) is 0 Å². The predicted octanol–water partition coefficient (Wildman–Crippen LogP) is 14.1. The van der Waals surface area contributed by atoms with E-state index in [2.05, 4.69) is 259 Å². The topological polar surface area (TPSA) is 6.48 Å². The average molecular weight is 801 g/mol. The number of hydrogen-bond acceptors (Lipinski definition) is 2. The second kappa shape index (κ2) is 15.4. The Morgan fingerprint density at radius 3 is 1.35 bits per heavy atom. The van der Waals surface area contributed by atoms with Gasteiger partial charge in [0, 0.05) is 39.7 Å². The van der Waals surface area contributed by atoms with Crippen molar-refractivity contribution in [3.05, 3.63) is 249 Å². The fourth-order valence-electron chi connectivity index (χ4n) is 10.0. The van der Waals surface area contributed by atoms with Gasteiger partial charge in [0.15, 0.2) is 0 Å². The molecule has 0 atom stereocenters. The Balaban J connectivity index is 1.13. The zero-order valence-corrected chi connectivity index (χ0v) is 34.6. The number of rotatable bonds is 7. The Morgan fingerprint density at radius 1 is 0.254 bits per heavy atom. The van der Waals surface area contributed by atoms with Crippen LogP contribution in [0.4, 0.5) is 34.1 Å². The van der Waals surface area contributed by atoms with E-state index >= 15 is 0 Å². The van der Waals surface area contributed by atoms with Gasteiger partial charge in [-0.15, -0.1) is 0 Å². The molecule has 0 radical (unpaired) electrons. The van der Waals surface area contributed by atoms with Crippen molar-refractivity contribution in [2.75, 3.05) is 9.80 Å². The summed E-state index contributed by atoms with van der Waals surface area (Å²) in [4.78, 5) is 5.04. The van der Waals surface area contributed by atoms with Crippen LogP contribution in [0.2, 0.25) is 0 Å². The third-order valence-corrected chi connectivity index (χ3v) is 12.9. The highest BCUT2D eigenvalue weighted by atomic mass is 15.2. The van der Waals surface area contributed by atoms with Crippen molar-refractivity contribution in [3.63, 3.8) is 0 Å². The van der Waals surface area contributed by atoms with Gasteiger partial charge >= 0.3 is 0 Å². The monoisotopic (exact) mass is 800 g/mol. The summed E-state index contributed by atoms with van der Waals surface area (Å²) in [6.45, 7) is -0.0261. The minimum absolute atomic E-state index is 0.0261. The number of para-hydroxylation sites is 1. The summed E-state index contributed by atoms with van der Waals surface area (Å²) in [7, 11) is 0. The first-order chi connectivity index (χ1) is 31.3. The van der Waals surface area contributed by atoms with E-state index in [0.717, 1.165) is 11.4 Å². The third kappa shape index (κ3) is 6.28. The number of hydrogen-bond donors (Lipinski definition) is 0. The average Bonchev–Trinajstić information content (AvgIpc) is 3.37. The summed E-state index contributed by atoms with van der Waals surface area (Å²) < 4.78 is 0. The number of anilines is 6. The second-order valence-electron chi connectivity index (χ2n) is 16.4. The minimum atomic E-state index is -0.0261. The van der Waals surface area contributed by atoms with Gasteiger partial charge in [0.2, 0.25) is 0 Å². The summed E-state index contributed by atoms with van der Waals surface area (Å²) in [6, 6.07) is 91.1. The lowest BCUT2D eigenvalue weighted by molar-refractivity contribution is 1.25. The molecule has 0 aliphatic carbocycles. The van der Waals surface area contributed by atoms with Crippen molar-refractivity contribution in [1.82, 2.24) is 0 Å². The van der Waals surface area contributed by atoms with Gasteiger partial charge in [-0.1, -0.05) is 206 Å². The van der Waals surface area contributed by atoms with Gasteiger partial charge in [0.25, 0.3) is 6.71 Å². The molecule has 0 unspecified atom stereocenters. The Kier molecular flexibility index (Phi) is 8.97. The molecule has 2 aliphatic heterocycles. The maximum atomic E-state index is 2.53. The molecule has 0 bridgehead atoms. The van der Waals surface area contributed by atoms with Gasteiger partial charge in [-0.25, -0.2) is 0 Å². The Hall–Kier alpha value is -8.14. The Bertz CT molecular complexity index is 3260. The van der Waals surface area contributed by atoms with Crippen LogP contribution < -0.4 is 26.2 Å². The highest BCUT2D eigenvalue weighted by molar-refractivity contribution is 7.00. The van der Waals surface area contributed by atoms with Crippen molar-refractivity contribution in [1.29, 1.82) is 0 Å². The highest BCUT2D eigenvalue weighted by Crippen LogP contribution is 2.48. The van der Waals surface area contributed by atoms with E-state index in [4.69, 9.17) is 0 Å². The molecule has 0 N–H and O–H groups in total. The zero-order valence-electron chi connectivity index (χ0n) is 34.6. The molecule has 3 heteroatoms. The van der Waals surface area contributed by atoms with Crippen LogP contribution in [0.25, 0.3) is 55.6 Å². The molecule has 0 aromatic heterocycles. The van der Waals surface area contributed by atoms with Crippen molar-refractivity contribution < 1.29 is 0 Å². The van der Waals surface area contributed by atoms with Gasteiger partial charge in [-0.05, 0) is 109 Å². The first-order valence-electron chi connectivity index (χ1n) is 21.8. The van der Waals surface area contributed by atoms with Crippen LogP contribution >= 0.6 is 0 Å². The summed E-state index contributed by atoms with van der Waals surface area (Å²) >= 11 is 0. The number of benzene rings is 10. The molecule has 0 spiro atoms. The SMILES string of the molecule is c1ccc(-c2ccc(N3c4cccc5c4B(c4cc(-c6ccccc6)ccc4N5c4ccc(-c5ccccc5)c(-c5ccccc5)c4)c4cccc(-c5ccccc5)c43)cc2)cc1. The highest BCUT2D eigenvalue weighted by Gasteiger charge is 2.44. The Morgan fingerprint density at radius 2 is 0.730 bits per heavy atom. The molecule has 0 fully saturated rings. The largest absolute Gasteiger partial charge is 0.311 e. The molecule has 12 rings (SSSR count). The number of fused-ring (bicyclic) bond motifs is 4. The molecule has 0 amide bonds. The fraction of sp³-hybridized carbons (Fsp3) is 0. The van der Waals surface area contributed by atoms with Crippen LogP contribution in [-0.4, -0.2) is 6.71 Å². The van der Waals surface area contributed by atoms with E-state index in [1.54, 1.807) is 0 Å². The lowest BCUT2D eigenvalue weighted by Crippen LogP contribution is -2.61. The number of nitrogens with zero attached hydrogens (tertiary/aromatic N) is 2. The first-order valence-corrected chi connectivity index (χ1v) is 21.8. The van der Waals surface area contributed by atoms with E-state index in [1.165, 1.54) is 94.8 Å². The minimum Gasteiger partial charge on any atom is -0.311 e.